The van der Waals surface area contributed by atoms with E-state index in [1.807, 2.05) is 44.2 Å². The lowest BCUT2D eigenvalue weighted by Gasteiger charge is -2.22. The van der Waals surface area contributed by atoms with E-state index in [2.05, 4.69) is 5.32 Å². The zero-order valence-electron chi connectivity index (χ0n) is 15.2. The zero-order chi connectivity index (χ0) is 19.2. The van der Waals surface area contributed by atoms with Crippen LogP contribution < -0.4 is 14.4 Å². The van der Waals surface area contributed by atoms with E-state index in [0.717, 1.165) is 6.26 Å². The summed E-state index contributed by atoms with van der Waals surface area (Å²) in [6.07, 6.45) is 1.22. The van der Waals surface area contributed by atoms with Crippen molar-refractivity contribution in [1.82, 2.24) is 5.32 Å². The summed E-state index contributed by atoms with van der Waals surface area (Å²) in [5.41, 5.74) is 0.491. The maximum absolute atomic E-state index is 12.1. The molecule has 0 heterocycles. The Morgan fingerprint density at radius 2 is 1.62 bits per heavy atom. The number of benzene rings is 2. The quantitative estimate of drug-likeness (QED) is 0.768. The number of nitrogens with zero attached hydrogens (tertiary/aromatic N) is 1. The fraction of sp³-hybridized carbons (Fsp3) is 0.316. The fourth-order valence-electron chi connectivity index (χ4n) is 2.39. The summed E-state index contributed by atoms with van der Waals surface area (Å²) in [5, 5.41) is 2.76. The van der Waals surface area contributed by atoms with Crippen LogP contribution in [-0.4, -0.2) is 33.2 Å². The van der Waals surface area contributed by atoms with E-state index in [-0.39, 0.29) is 24.9 Å². The van der Waals surface area contributed by atoms with Gasteiger partial charge in [-0.15, -0.1) is 0 Å². The molecule has 0 bridgehead atoms. The lowest BCUT2D eigenvalue weighted by Crippen LogP contribution is -2.36. The van der Waals surface area contributed by atoms with Gasteiger partial charge in [-0.1, -0.05) is 18.2 Å². The summed E-state index contributed by atoms with van der Waals surface area (Å²) in [5.74, 6) is 1.12. The van der Waals surface area contributed by atoms with Gasteiger partial charge in [0, 0.05) is 19.0 Å². The van der Waals surface area contributed by atoms with Crippen LogP contribution in [0.15, 0.2) is 54.6 Å². The summed E-state index contributed by atoms with van der Waals surface area (Å²) in [7, 11) is -3.50. The third-order valence-corrected chi connectivity index (χ3v) is 4.69. The molecular weight excluding hydrogens is 352 g/mol. The third kappa shape index (κ3) is 6.07. The molecule has 1 N–H and O–H groups in total. The number of hydrogen-bond acceptors (Lipinski definition) is 4. The number of carbonyl (C=O) groups is 1. The van der Waals surface area contributed by atoms with Gasteiger partial charge in [0.05, 0.1) is 11.9 Å². The number of amides is 1. The van der Waals surface area contributed by atoms with Gasteiger partial charge < -0.3 is 10.1 Å². The minimum Gasteiger partial charge on any atom is -0.457 e. The van der Waals surface area contributed by atoms with Gasteiger partial charge in [0.2, 0.25) is 15.9 Å². The molecule has 7 heteroatoms. The Labute approximate surface area is 154 Å². The van der Waals surface area contributed by atoms with Crippen LogP contribution in [0.4, 0.5) is 5.69 Å². The van der Waals surface area contributed by atoms with Gasteiger partial charge >= 0.3 is 0 Å². The molecule has 0 fully saturated rings. The normalized spacial score (nSPS) is 11.2. The summed E-state index contributed by atoms with van der Waals surface area (Å²) in [6.45, 7) is 3.80. The molecule has 0 radical (unpaired) electrons. The number of rotatable bonds is 8. The van der Waals surface area contributed by atoms with Gasteiger partial charge in [-0.05, 0) is 50.2 Å². The van der Waals surface area contributed by atoms with Gasteiger partial charge in [0.1, 0.15) is 11.5 Å². The molecule has 6 nitrogen and oxygen atoms in total. The Bertz CT molecular complexity index is 818. The topological polar surface area (TPSA) is 75.7 Å². The van der Waals surface area contributed by atoms with Crippen molar-refractivity contribution in [2.45, 2.75) is 26.3 Å². The molecule has 0 saturated carbocycles. The second-order valence-electron chi connectivity index (χ2n) is 6.22. The van der Waals surface area contributed by atoms with E-state index in [1.54, 1.807) is 24.3 Å². The van der Waals surface area contributed by atoms with Gasteiger partial charge in [-0.25, -0.2) is 8.42 Å². The lowest BCUT2D eigenvalue weighted by atomic mass is 10.2. The fourth-order valence-corrected chi connectivity index (χ4v) is 3.32. The van der Waals surface area contributed by atoms with E-state index in [1.165, 1.54) is 4.31 Å². The van der Waals surface area contributed by atoms with Crippen LogP contribution in [0.25, 0.3) is 0 Å². The molecule has 2 rings (SSSR count). The molecule has 0 aromatic heterocycles. The first kappa shape index (κ1) is 19.8. The average Bonchev–Trinajstić information content (AvgIpc) is 2.55. The molecule has 0 atom stereocenters. The van der Waals surface area contributed by atoms with Crippen molar-refractivity contribution in [2.24, 2.45) is 0 Å². The Balaban J connectivity index is 2.09. The van der Waals surface area contributed by atoms with E-state index in [4.69, 9.17) is 4.74 Å². The molecule has 0 aliphatic rings. The Kier molecular flexibility index (Phi) is 6.63. The predicted octanol–water partition coefficient (Wildman–Crippen LogP) is 3.16. The van der Waals surface area contributed by atoms with Crippen molar-refractivity contribution in [2.75, 3.05) is 17.1 Å². The molecule has 1 amide bonds. The Morgan fingerprint density at radius 1 is 1.04 bits per heavy atom. The number of sulfonamides is 1. The smallest absolute Gasteiger partial charge is 0.232 e. The van der Waals surface area contributed by atoms with Crippen molar-refractivity contribution in [1.29, 1.82) is 0 Å². The van der Waals surface area contributed by atoms with E-state index in [9.17, 15) is 13.2 Å². The first-order chi connectivity index (χ1) is 12.3. The van der Waals surface area contributed by atoms with Crippen LogP contribution in [0.5, 0.6) is 11.5 Å². The van der Waals surface area contributed by atoms with Crippen molar-refractivity contribution in [3.63, 3.8) is 0 Å². The standard InChI is InChI=1S/C19H24N2O4S/c1-15(2)20-19(22)13-14-21(26(3,23)24)16-9-11-18(12-10-16)25-17-7-5-4-6-8-17/h4-12,15H,13-14H2,1-3H3,(H,20,22). The minimum atomic E-state index is -3.50. The van der Waals surface area contributed by atoms with E-state index < -0.39 is 10.0 Å². The van der Waals surface area contributed by atoms with Crippen LogP contribution in [0.3, 0.4) is 0 Å². The van der Waals surface area contributed by atoms with Crippen LogP contribution in [-0.2, 0) is 14.8 Å². The van der Waals surface area contributed by atoms with Gasteiger partial charge in [-0.3, -0.25) is 9.10 Å². The Morgan fingerprint density at radius 3 is 2.15 bits per heavy atom. The number of ether oxygens (including phenoxy) is 1. The van der Waals surface area contributed by atoms with Crippen LogP contribution in [0.1, 0.15) is 20.3 Å². The van der Waals surface area contributed by atoms with Crippen LogP contribution in [0, 0.1) is 0 Å². The SMILES string of the molecule is CC(C)NC(=O)CCN(c1ccc(Oc2ccccc2)cc1)S(C)(=O)=O. The zero-order valence-corrected chi connectivity index (χ0v) is 16.0. The molecule has 2 aromatic rings. The number of hydrogen-bond donors (Lipinski definition) is 1. The number of carbonyl (C=O) groups excluding carboxylic acids is 1. The average molecular weight is 376 g/mol. The second kappa shape index (κ2) is 8.71. The minimum absolute atomic E-state index is 0.0172. The summed E-state index contributed by atoms with van der Waals surface area (Å²) >= 11 is 0. The van der Waals surface area contributed by atoms with E-state index in [0.29, 0.717) is 17.2 Å². The molecule has 140 valence electrons. The van der Waals surface area contributed by atoms with Crippen molar-refractivity contribution < 1.29 is 17.9 Å². The highest BCUT2D eigenvalue weighted by Gasteiger charge is 2.19. The molecule has 0 spiro atoms. The molecule has 0 aliphatic heterocycles. The number of para-hydroxylation sites is 1. The molecule has 0 saturated heterocycles. The largest absolute Gasteiger partial charge is 0.457 e. The second-order valence-corrected chi connectivity index (χ2v) is 8.12. The predicted molar refractivity (Wildman–Crippen MR) is 103 cm³/mol. The molecule has 0 unspecified atom stereocenters. The van der Waals surface area contributed by atoms with Gasteiger partial charge in [0.15, 0.2) is 0 Å². The number of anilines is 1. The molecule has 0 aliphatic carbocycles. The third-order valence-electron chi connectivity index (χ3n) is 3.50. The monoisotopic (exact) mass is 376 g/mol. The number of nitrogens with one attached hydrogen (secondary N) is 1. The van der Waals surface area contributed by atoms with Crippen molar-refractivity contribution >= 4 is 21.6 Å². The van der Waals surface area contributed by atoms with E-state index >= 15 is 0 Å². The Hall–Kier alpha value is -2.54. The first-order valence-electron chi connectivity index (χ1n) is 8.36. The first-order valence-corrected chi connectivity index (χ1v) is 10.2. The van der Waals surface area contributed by atoms with Crippen molar-refractivity contribution in [3.8, 4) is 11.5 Å². The summed E-state index contributed by atoms with van der Waals surface area (Å²) in [4.78, 5) is 11.8. The van der Waals surface area contributed by atoms with Gasteiger partial charge in [-0.2, -0.15) is 0 Å². The highest BCUT2D eigenvalue weighted by Crippen LogP contribution is 2.25. The van der Waals surface area contributed by atoms with Crippen LogP contribution in [0.2, 0.25) is 0 Å². The summed E-state index contributed by atoms with van der Waals surface area (Å²) < 4.78 is 31.1. The van der Waals surface area contributed by atoms with Crippen LogP contribution >= 0.6 is 0 Å². The molecule has 2 aromatic carbocycles. The maximum atomic E-state index is 12.1. The molecule has 26 heavy (non-hydrogen) atoms. The highest BCUT2D eigenvalue weighted by atomic mass is 32.2. The lowest BCUT2D eigenvalue weighted by molar-refractivity contribution is -0.121. The van der Waals surface area contributed by atoms with Gasteiger partial charge in [0.25, 0.3) is 0 Å². The maximum Gasteiger partial charge on any atom is 0.232 e. The molecular formula is C19H24N2O4S. The summed E-state index contributed by atoms with van der Waals surface area (Å²) in [6, 6.07) is 16.1. The van der Waals surface area contributed by atoms with Crippen molar-refractivity contribution in [3.05, 3.63) is 54.6 Å². The highest BCUT2D eigenvalue weighted by molar-refractivity contribution is 7.92.